The molecule has 2 aliphatic carbocycles. The normalized spacial score (nSPS) is 45.3. The highest BCUT2D eigenvalue weighted by Gasteiger charge is 2.72. The van der Waals surface area contributed by atoms with Crippen molar-refractivity contribution >= 4 is 0 Å². The maximum absolute atomic E-state index is 11.7. The second-order valence-electron chi connectivity index (χ2n) is 7.44. The van der Waals surface area contributed by atoms with Gasteiger partial charge in [0.2, 0.25) is 0 Å². The molecule has 22 heavy (non-hydrogen) atoms. The molecule has 0 radical (unpaired) electrons. The molecule has 2 unspecified atom stereocenters. The highest BCUT2D eigenvalue weighted by Crippen LogP contribution is 2.65. The molecular formula is C17H21NO4. The molecule has 2 fully saturated rings. The second kappa shape index (κ2) is 3.78. The van der Waals surface area contributed by atoms with Gasteiger partial charge in [0.05, 0.1) is 17.1 Å². The maximum Gasteiger partial charge on any atom is 0.165 e. The van der Waals surface area contributed by atoms with E-state index < -0.39 is 23.2 Å². The van der Waals surface area contributed by atoms with E-state index in [0.29, 0.717) is 18.6 Å². The summed E-state index contributed by atoms with van der Waals surface area (Å²) in [6, 6.07) is 3.67. The summed E-state index contributed by atoms with van der Waals surface area (Å²) in [7, 11) is 2.07. The first-order chi connectivity index (χ1) is 10.5. The Bertz CT molecular complexity index is 677. The van der Waals surface area contributed by atoms with Crippen LogP contribution in [0.25, 0.3) is 0 Å². The zero-order valence-corrected chi connectivity index (χ0v) is 12.6. The van der Waals surface area contributed by atoms with Crippen molar-refractivity contribution in [2.24, 2.45) is 0 Å². The van der Waals surface area contributed by atoms with Gasteiger partial charge in [0.1, 0.15) is 6.10 Å². The van der Waals surface area contributed by atoms with E-state index in [1.807, 2.05) is 6.07 Å². The number of phenols is 1. The number of benzene rings is 1. The van der Waals surface area contributed by atoms with Gasteiger partial charge >= 0.3 is 0 Å². The summed E-state index contributed by atoms with van der Waals surface area (Å²) in [5.74, 6) is 0.610. The van der Waals surface area contributed by atoms with Crippen molar-refractivity contribution in [2.75, 3.05) is 13.6 Å². The smallest absolute Gasteiger partial charge is 0.165 e. The number of rotatable bonds is 0. The molecule has 2 bridgehead atoms. The number of likely N-dealkylation sites (N-methyl/N-ethyl adjacent to an activating group) is 1. The Hall–Kier alpha value is -1.30. The molecule has 4 aliphatic rings. The molecule has 118 valence electrons. The van der Waals surface area contributed by atoms with Crippen LogP contribution in [-0.4, -0.2) is 57.7 Å². The lowest BCUT2D eigenvalue weighted by atomic mass is 9.49. The maximum atomic E-state index is 11.7. The predicted octanol–water partition coefficient (Wildman–Crippen LogP) is 0.537. The van der Waals surface area contributed by atoms with Crippen LogP contribution >= 0.6 is 0 Å². The molecule has 1 aromatic carbocycles. The van der Waals surface area contributed by atoms with E-state index >= 15 is 0 Å². The molecule has 1 aromatic rings. The van der Waals surface area contributed by atoms with Crippen LogP contribution in [0.3, 0.4) is 0 Å². The van der Waals surface area contributed by atoms with Gasteiger partial charge in [0.25, 0.3) is 0 Å². The van der Waals surface area contributed by atoms with Crippen molar-refractivity contribution in [1.29, 1.82) is 0 Å². The topological polar surface area (TPSA) is 73.2 Å². The van der Waals surface area contributed by atoms with E-state index in [2.05, 4.69) is 11.9 Å². The summed E-state index contributed by atoms with van der Waals surface area (Å²) < 4.78 is 6.04. The molecule has 5 rings (SSSR count). The van der Waals surface area contributed by atoms with Gasteiger partial charge in [-0.05, 0) is 50.9 Å². The van der Waals surface area contributed by atoms with Crippen LogP contribution < -0.4 is 4.74 Å². The SMILES string of the molecule is CN1CC[C@]23c4c5ccc(O)c4O[C@H]2[C@@H](O)CCC3(O)C1C5. The fourth-order valence-electron chi connectivity index (χ4n) is 5.73. The Balaban J connectivity index is 1.86. The fraction of sp³-hybridized carbons (Fsp3) is 0.647. The molecule has 1 spiro atoms. The van der Waals surface area contributed by atoms with Gasteiger partial charge in [-0.1, -0.05) is 6.07 Å². The third-order valence-electron chi connectivity index (χ3n) is 6.70. The van der Waals surface area contributed by atoms with Crippen molar-refractivity contribution in [2.45, 2.75) is 54.9 Å². The van der Waals surface area contributed by atoms with Crippen LogP contribution in [0, 0.1) is 0 Å². The summed E-state index contributed by atoms with van der Waals surface area (Å²) >= 11 is 0. The lowest BCUT2D eigenvalue weighted by Gasteiger charge is -2.63. The van der Waals surface area contributed by atoms with Crippen molar-refractivity contribution in [1.82, 2.24) is 4.90 Å². The quantitative estimate of drug-likeness (QED) is 0.652. The molecule has 2 aliphatic heterocycles. The zero-order valence-electron chi connectivity index (χ0n) is 12.6. The Morgan fingerprint density at radius 2 is 2.14 bits per heavy atom. The fourth-order valence-corrected chi connectivity index (χ4v) is 5.73. The number of piperidine rings is 1. The van der Waals surface area contributed by atoms with E-state index in [1.165, 1.54) is 0 Å². The van der Waals surface area contributed by atoms with Crippen molar-refractivity contribution in [3.05, 3.63) is 23.3 Å². The first-order valence-electron chi connectivity index (χ1n) is 8.12. The standard InChI is InChI=1S/C17H21NO4/c1-18-7-6-16-13-9-2-3-10(19)14(13)22-15(16)11(20)4-5-17(16,21)12(18)8-9/h2-3,11-12,15,19-21H,4-8H2,1H3/t11-,12?,15-,16-,17?/m0/s1. The predicted molar refractivity (Wildman–Crippen MR) is 79.1 cm³/mol. The molecule has 1 saturated heterocycles. The summed E-state index contributed by atoms with van der Waals surface area (Å²) in [4.78, 5) is 2.24. The minimum absolute atomic E-state index is 0.0443. The molecular weight excluding hydrogens is 282 g/mol. The number of ether oxygens (including phenoxy) is 1. The van der Waals surface area contributed by atoms with Gasteiger partial charge in [-0.3, -0.25) is 0 Å². The average molecular weight is 303 g/mol. The van der Waals surface area contributed by atoms with E-state index in [9.17, 15) is 15.3 Å². The van der Waals surface area contributed by atoms with Crippen LogP contribution in [0.15, 0.2) is 12.1 Å². The Kier molecular flexibility index (Phi) is 2.26. The number of aliphatic hydroxyl groups is 2. The van der Waals surface area contributed by atoms with E-state index in [1.54, 1.807) is 6.07 Å². The summed E-state index contributed by atoms with van der Waals surface area (Å²) in [5, 5.41) is 32.4. The Morgan fingerprint density at radius 3 is 2.95 bits per heavy atom. The van der Waals surface area contributed by atoms with Crippen molar-refractivity contribution in [3.8, 4) is 11.5 Å². The number of phenolic OH excluding ortho intramolecular Hbond substituents is 1. The van der Waals surface area contributed by atoms with Crippen molar-refractivity contribution < 1.29 is 20.1 Å². The molecule has 0 amide bonds. The zero-order chi connectivity index (χ0) is 15.3. The van der Waals surface area contributed by atoms with Gasteiger partial charge in [0, 0.05) is 11.6 Å². The second-order valence-corrected chi connectivity index (χ2v) is 7.44. The van der Waals surface area contributed by atoms with Crippen LogP contribution in [0.1, 0.15) is 30.4 Å². The lowest BCUT2D eigenvalue weighted by molar-refractivity contribution is -0.204. The summed E-state index contributed by atoms with van der Waals surface area (Å²) in [5.41, 5.74) is 0.633. The van der Waals surface area contributed by atoms with Crippen molar-refractivity contribution in [3.63, 3.8) is 0 Å². The summed E-state index contributed by atoms with van der Waals surface area (Å²) in [6.45, 7) is 0.869. The van der Waals surface area contributed by atoms with E-state index in [-0.39, 0.29) is 11.8 Å². The highest BCUT2D eigenvalue weighted by molar-refractivity contribution is 5.62. The van der Waals surface area contributed by atoms with Gasteiger partial charge in [-0.15, -0.1) is 0 Å². The lowest BCUT2D eigenvalue weighted by Crippen LogP contribution is -2.76. The number of hydrogen-bond acceptors (Lipinski definition) is 5. The van der Waals surface area contributed by atoms with Gasteiger partial charge in [-0.2, -0.15) is 0 Å². The van der Waals surface area contributed by atoms with Gasteiger partial charge in [0.15, 0.2) is 11.5 Å². The molecule has 5 nitrogen and oxygen atoms in total. The molecule has 3 N–H and O–H groups in total. The van der Waals surface area contributed by atoms with Crippen LogP contribution in [-0.2, 0) is 11.8 Å². The van der Waals surface area contributed by atoms with Crippen LogP contribution in [0.5, 0.6) is 11.5 Å². The van der Waals surface area contributed by atoms with Crippen LogP contribution in [0.4, 0.5) is 0 Å². The van der Waals surface area contributed by atoms with Gasteiger partial charge < -0.3 is 25.0 Å². The van der Waals surface area contributed by atoms with Gasteiger partial charge in [-0.25, -0.2) is 0 Å². The highest BCUT2D eigenvalue weighted by atomic mass is 16.5. The summed E-state index contributed by atoms with van der Waals surface area (Å²) in [6.07, 6.45) is 1.59. The Morgan fingerprint density at radius 1 is 1.32 bits per heavy atom. The Labute approximate surface area is 129 Å². The first kappa shape index (κ1) is 13.2. The molecule has 5 heteroatoms. The molecule has 1 saturated carbocycles. The third-order valence-corrected chi connectivity index (χ3v) is 6.70. The van der Waals surface area contributed by atoms with E-state index in [0.717, 1.165) is 30.5 Å². The van der Waals surface area contributed by atoms with E-state index in [4.69, 9.17) is 4.74 Å². The minimum atomic E-state index is -0.893. The van der Waals surface area contributed by atoms with Crippen LogP contribution in [0.2, 0.25) is 0 Å². The average Bonchev–Trinajstić information content (AvgIpc) is 2.85. The third kappa shape index (κ3) is 1.17. The molecule has 2 heterocycles. The number of likely N-dealkylation sites (tertiary alicyclic amines) is 1. The molecule has 0 aromatic heterocycles. The first-order valence-corrected chi connectivity index (χ1v) is 8.12. The number of aromatic hydroxyl groups is 1. The minimum Gasteiger partial charge on any atom is -0.504 e. The largest absolute Gasteiger partial charge is 0.504 e. The number of aliphatic hydroxyl groups excluding tert-OH is 1. The molecule has 5 atom stereocenters. The number of hydrogen-bond donors (Lipinski definition) is 3. The monoisotopic (exact) mass is 303 g/mol. The number of nitrogens with zero attached hydrogens (tertiary/aromatic N) is 1.